The Morgan fingerprint density at radius 3 is 2.47 bits per heavy atom. The number of thioether (sulfide) groups is 1. The van der Waals surface area contributed by atoms with E-state index in [9.17, 15) is 0 Å². The van der Waals surface area contributed by atoms with Gasteiger partial charge in [-0.1, -0.05) is 0 Å². The van der Waals surface area contributed by atoms with E-state index in [0.717, 1.165) is 6.42 Å². The average molecular weight is 303 g/mol. The summed E-state index contributed by atoms with van der Waals surface area (Å²) < 4.78 is 1.43. The number of fused-ring (bicyclic) bond motifs is 1. The van der Waals surface area contributed by atoms with Gasteiger partial charge >= 0.3 is 114 Å². The van der Waals surface area contributed by atoms with Crippen LogP contribution in [-0.4, -0.2) is 20.0 Å². The predicted molar refractivity (Wildman–Crippen MR) is 75.9 cm³/mol. The zero-order valence-electron chi connectivity index (χ0n) is 9.30. The van der Waals surface area contributed by atoms with Gasteiger partial charge < -0.3 is 0 Å². The molecule has 1 aliphatic heterocycles. The second-order valence-electron chi connectivity index (χ2n) is 4.16. The molecule has 0 saturated heterocycles. The van der Waals surface area contributed by atoms with Crippen molar-refractivity contribution < 1.29 is 0 Å². The summed E-state index contributed by atoms with van der Waals surface area (Å²) >= 11 is 5.21. The molecule has 0 N–H and O–H groups in total. The van der Waals surface area contributed by atoms with E-state index >= 15 is 0 Å². The van der Waals surface area contributed by atoms with Crippen LogP contribution in [0.3, 0.4) is 0 Å². The van der Waals surface area contributed by atoms with Crippen LogP contribution in [0.4, 0.5) is 0 Å². The molecule has 1 unspecified atom stereocenters. The molecule has 84 valence electrons. The number of benzene rings is 2. The Bertz CT molecular complexity index is 548. The fraction of sp³-hybridized carbons (Fsp3) is 0.133. The second kappa shape index (κ2) is 4.81. The summed E-state index contributed by atoms with van der Waals surface area (Å²) in [5, 5.41) is 0.464. The van der Waals surface area contributed by atoms with Crippen molar-refractivity contribution in [2.75, 3.05) is 0 Å². The van der Waals surface area contributed by atoms with E-state index in [1.165, 1.54) is 20.4 Å². The van der Waals surface area contributed by atoms with Crippen LogP contribution in [0.5, 0.6) is 0 Å². The topological polar surface area (TPSA) is 0 Å². The number of rotatable bonds is 1. The number of hydrogen-bond donors (Lipinski definition) is 0. The minimum absolute atomic E-state index is 0.464. The molecule has 1 atom stereocenters. The molecule has 0 amide bonds. The van der Waals surface area contributed by atoms with Crippen molar-refractivity contribution in [1.29, 1.82) is 0 Å². The van der Waals surface area contributed by atoms with Gasteiger partial charge in [-0.05, 0) is 0 Å². The molecule has 17 heavy (non-hydrogen) atoms. The van der Waals surface area contributed by atoms with Crippen LogP contribution in [0.25, 0.3) is 0 Å². The van der Waals surface area contributed by atoms with Crippen LogP contribution in [0, 0.1) is 0 Å². The van der Waals surface area contributed by atoms with E-state index in [1.54, 1.807) is 0 Å². The summed E-state index contributed by atoms with van der Waals surface area (Å²) in [6.45, 7) is 0. The number of hydrogen-bond acceptors (Lipinski definition) is 1. The first kappa shape index (κ1) is 11.3. The Balaban J connectivity index is 1.98. The molecular formula is C15H12SSe. The van der Waals surface area contributed by atoms with Crippen LogP contribution >= 0.6 is 11.8 Å². The van der Waals surface area contributed by atoms with E-state index in [4.69, 9.17) is 0 Å². The Morgan fingerprint density at radius 2 is 1.65 bits per heavy atom. The van der Waals surface area contributed by atoms with Gasteiger partial charge in [0.05, 0.1) is 0 Å². The molecule has 0 aliphatic carbocycles. The summed E-state index contributed by atoms with van der Waals surface area (Å²) in [7, 11) is 0. The van der Waals surface area contributed by atoms with Crippen LogP contribution < -0.4 is 0 Å². The van der Waals surface area contributed by atoms with Crippen LogP contribution in [0.1, 0.15) is 16.4 Å². The molecule has 0 saturated carbocycles. The van der Waals surface area contributed by atoms with Gasteiger partial charge in [0.25, 0.3) is 0 Å². The van der Waals surface area contributed by atoms with Crippen LogP contribution in [0.2, 0.25) is 0 Å². The Labute approximate surface area is 114 Å². The van der Waals surface area contributed by atoms with Crippen molar-refractivity contribution in [2.45, 2.75) is 16.6 Å². The summed E-state index contributed by atoms with van der Waals surface area (Å²) in [6.07, 6.45) is 1.06. The third-order valence-corrected chi connectivity index (χ3v) is 5.56. The fourth-order valence-electron chi connectivity index (χ4n) is 2.12. The molecule has 2 aromatic carbocycles. The first-order chi connectivity index (χ1) is 8.34. The average Bonchev–Trinajstić information content (AvgIpc) is 2.39. The first-order valence-corrected chi connectivity index (χ1v) is 7.40. The van der Waals surface area contributed by atoms with Crippen molar-refractivity contribution in [3.8, 4) is 0 Å². The summed E-state index contributed by atoms with van der Waals surface area (Å²) in [5.41, 5.74) is 2.83. The van der Waals surface area contributed by atoms with Crippen LogP contribution in [0.15, 0.2) is 59.5 Å². The monoisotopic (exact) mass is 304 g/mol. The second-order valence-corrected chi connectivity index (χ2v) is 6.41. The zero-order chi connectivity index (χ0) is 11.7. The molecule has 1 aliphatic rings. The van der Waals surface area contributed by atoms with Gasteiger partial charge in [0.15, 0.2) is 0 Å². The van der Waals surface area contributed by atoms with Gasteiger partial charge in [-0.2, -0.15) is 0 Å². The third kappa shape index (κ3) is 2.26. The van der Waals surface area contributed by atoms with Crippen molar-refractivity contribution in [2.24, 2.45) is 0 Å². The molecule has 0 bridgehead atoms. The molecule has 0 radical (unpaired) electrons. The van der Waals surface area contributed by atoms with Crippen molar-refractivity contribution >= 4 is 31.8 Å². The molecule has 0 nitrogen and oxygen atoms in total. The maximum atomic E-state index is 3.26. The van der Waals surface area contributed by atoms with E-state index in [0.29, 0.717) is 5.25 Å². The van der Waals surface area contributed by atoms with E-state index < -0.39 is 0 Å². The van der Waals surface area contributed by atoms with Crippen molar-refractivity contribution in [3.05, 3.63) is 65.7 Å². The van der Waals surface area contributed by atoms with Crippen molar-refractivity contribution in [3.63, 3.8) is 0 Å². The van der Waals surface area contributed by atoms with Gasteiger partial charge in [-0.15, -0.1) is 0 Å². The Kier molecular flexibility index (Phi) is 3.19. The Morgan fingerprint density at radius 1 is 0.941 bits per heavy atom. The molecule has 2 heteroatoms. The van der Waals surface area contributed by atoms with Crippen molar-refractivity contribution in [1.82, 2.24) is 0 Å². The SMILES string of the molecule is [Se]=C1Cc2ccccc2SC1c1ccccc1. The maximum absolute atomic E-state index is 3.26. The van der Waals surface area contributed by atoms with Gasteiger partial charge in [0.2, 0.25) is 0 Å². The molecule has 0 spiro atoms. The summed E-state index contributed by atoms with van der Waals surface area (Å²) in [6, 6.07) is 19.4. The molecule has 1 heterocycles. The molecule has 0 aromatic heterocycles. The summed E-state index contributed by atoms with van der Waals surface area (Å²) in [5.74, 6) is 0. The predicted octanol–water partition coefficient (Wildman–Crippen LogP) is 3.42. The normalized spacial score (nSPS) is 18.8. The van der Waals surface area contributed by atoms with E-state index in [-0.39, 0.29) is 0 Å². The summed E-state index contributed by atoms with van der Waals surface area (Å²) in [4.78, 5) is 1.42. The van der Waals surface area contributed by atoms with Crippen LogP contribution in [-0.2, 0) is 6.42 Å². The van der Waals surface area contributed by atoms with Gasteiger partial charge in [-0.3, -0.25) is 0 Å². The van der Waals surface area contributed by atoms with E-state index in [2.05, 4.69) is 70.2 Å². The van der Waals surface area contributed by atoms with Gasteiger partial charge in [0, 0.05) is 0 Å². The van der Waals surface area contributed by atoms with Gasteiger partial charge in [0.1, 0.15) is 0 Å². The zero-order valence-corrected chi connectivity index (χ0v) is 11.8. The minimum atomic E-state index is 0.464. The molecule has 2 aromatic rings. The third-order valence-electron chi connectivity index (χ3n) is 2.98. The molecule has 0 fully saturated rings. The molecular weight excluding hydrogens is 291 g/mol. The first-order valence-electron chi connectivity index (χ1n) is 5.67. The van der Waals surface area contributed by atoms with Gasteiger partial charge in [-0.25, -0.2) is 0 Å². The quantitative estimate of drug-likeness (QED) is 0.728. The standard InChI is InChI=1S/C15H12SSe/c17-14-10-12-8-4-5-9-13(12)16-15(14)11-6-2-1-3-7-11/h1-9,15H,10H2. The molecule has 3 rings (SSSR count). The fourth-order valence-corrected chi connectivity index (χ4v) is 4.24. The van der Waals surface area contributed by atoms with E-state index in [1.807, 2.05) is 11.8 Å². The Hall–Kier alpha value is -0.821.